The first kappa shape index (κ1) is 14.9. The molecule has 0 saturated heterocycles. The smallest absolute Gasteiger partial charge is 0.338 e. The number of benzene rings is 2. The highest BCUT2D eigenvalue weighted by molar-refractivity contribution is 7.23. The summed E-state index contributed by atoms with van der Waals surface area (Å²) in [6.07, 6.45) is 2.05. The normalized spacial score (nSPS) is 11.2. The molecule has 120 valence electrons. The fourth-order valence-electron chi connectivity index (χ4n) is 2.79. The van der Waals surface area contributed by atoms with Crippen LogP contribution in [-0.4, -0.2) is 22.0 Å². The lowest BCUT2D eigenvalue weighted by atomic mass is 10.1. The number of carbonyl (C=O) groups is 1. The van der Waals surface area contributed by atoms with Gasteiger partial charge in [-0.2, -0.15) is 0 Å². The molecule has 4 rings (SSSR count). The molecule has 2 aromatic heterocycles. The highest BCUT2D eigenvalue weighted by Gasteiger charge is 2.13. The lowest BCUT2D eigenvalue weighted by Crippen LogP contribution is -2.03. The van der Waals surface area contributed by atoms with Gasteiger partial charge in [0.05, 0.1) is 28.1 Å². The first-order valence-electron chi connectivity index (χ1n) is 7.81. The van der Waals surface area contributed by atoms with E-state index in [1.54, 1.807) is 17.4 Å². The van der Waals surface area contributed by atoms with Crippen LogP contribution in [0.5, 0.6) is 0 Å². The lowest BCUT2D eigenvalue weighted by molar-refractivity contribution is 0.0526. The van der Waals surface area contributed by atoms with E-state index in [-0.39, 0.29) is 5.97 Å². The van der Waals surface area contributed by atoms with Crippen molar-refractivity contribution in [1.82, 2.24) is 9.38 Å². The van der Waals surface area contributed by atoms with E-state index in [9.17, 15) is 4.79 Å². The zero-order valence-electron chi connectivity index (χ0n) is 13.4. The van der Waals surface area contributed by atoms with E-state index < -0.39 is 0 Å². The van der Waals surface area contributed by atoms with Crippen molar-refractivity contribution >= 4 is 32.5 Å². The van der Waals surface area contributed by atoms with Gasteiger partial charge in [-0.3, -0.25) is 4.40 Å². The molecule has 0 bridgehead atoms. The van der Waals surface area contributed by atoms with E-state index in [0.29, 0.717) is 12.2 Å². The maximum Gasteiger partial charge on any atom is 0.338 e. The van der Waals surface area contributed by atoms with Gasteiger partial charge >= 0.3 is 5.97 Å². The number of aryl methyl sites for hydroxylation is 1. The number of thiazole rings is 1. The number of imidazole rings is 1. The summed E-state index contributed by atoms with van der Waals surface area (Å²) in [6.45, 7) is 4.27. The summed E-state index contributed by atoms with van der Waals surface area (Å²) < 4.78 is 8.17. The number of nitrogens with zero attached hydrogens (tertiary/aromatic N) is 2. The summed E-state index contributed by atoms with van der Waals surface area (Å²) in [5.41, 5.74) is 4.92. The number of hydrogen-bond donors (Lipinski definition) is 0. The SMILES string of the molecule is CCOC(=O)c1ccc2c(c1)sc1nc(-c3cccc(C)c3)cn12. The second-order valence-corrected chi connectivity index (χ2v) is 6.66. The number of fused-ring (bicyclic) bond motifs is 3. The zero-order valence-corrected chi connectivity index (χ0v) is 14.3. The van der Waals surface area contributed by atoms with Gasteiger partial charge in [0.2, 0.25) is 0 Å². The third-order valence-electron chi connectivity index (χ3n) is 3.92. The second-order valence-electron chi connectivity index (χ2n) is 5.65. The van der Waals surface area contributed by atoms with Gasteiger partial charge in [0, 0.05) is 11.8 Å². The van der Waals surface area contributed by atoms with E-state index in [0.717, 1.165) is 26.4 Å². The number of aromatic nitrogens is 2. The van der Waals surface area contributed by atoms with Gasteiger partial charge < -0.3 is 4.74 Å². The Hall–Kier alpha value is -2.66. The van der Waals surface area contributed by atoms with Crippen molar-refractivity contribution < 1.29 is 9.53 Å². The zero-order chi connectivity index (χ0) is 16.7. The summed E-state index contributed by atoms with van der Waals surface area (Å²) in [5.74, 6) is -0.286. The molecule has 0 N–H and O–H groups in total. The summed E-state index contributed by atoms with van der Waals surface area (Å²) >= 11 is 1.58. The van der Waals surface area contributed by atoms with Crippen molar-refractivity contribution in [2.75, 3.05) is 6.61 Å². The minimum absolute atomic E-state index is 0.286. The average Bonchev–Trinajstić information content (AvgIpc) is 3.12. The molecule has 0 aliphatic rings. The van der Waals surface area contributed by atoms with E-state index in [4.69, 9.17) is 9.72 Å². The van der Waals surface area contributed by atoms with Gasteiger partial charge in [0.1, 0.15) is 0 Å². The van der Waals surface area contributed by atoms with Crippen LogP contribution < -0.4 is 0 Å². The van der Waals surface area contributed by atoms with Gasteiger partial charge in [-0.1, -0.05) is 35.1 Å². The topological polar surface area (TPSA) is 43.6 Å². The molecule has 2 heterocycles. The molecule has 2 aromatic carbocycles. The molecule has 0 atom stereocenters. The predicted octanol–water partition coefficient (Wildman–Crippen LogP) is 4.70. The Bertz CT molecular complexity index is 1060. The summed E-state index contributed by atoms with van der Waals surface area (Å²) in [5, 5.41) is 0. The largest absolute Gasteiger partial charge is 0.462 e. The Balaban J connectivity index is 1.80. The summed E-state index contributed by atoms with van der Waals surface area (Å²) in [4.78, 5) is 17.5. The Morgan fingerprint density at radius 1 is 1.25 bits per heavy atom. The number of esters is 1. The van der Waals surface area contributed by atoms with Crippen molar-refractivity contribution in [3.05, 3.63) is 59.8 Å². The predicted molar refractivity (Wildman–Crippen MR) is 96.7 cm³/mol. The molecule has 24 heavy (non-hydrogen) atoms. The van der Waals surface area contributed by atoms with Crippen molar-refractivity contribution in [2.24, 2.45) is 0 Å². The van der Waals surface area contributed by atoms with E-state index in [1.165, 1.54) is 5.56 Å². The maximum absolute atomic E-state index is 11.9. The molecule has 0 aliphatic carbocycles. The van der Waals surface area contributed by atoms with Crippen LogP contribution in [0.25, 0.3) is 26.4 Å². The van der Waals surface area contributed by atoms with Crippen LogP contribution in [0.3, 0.4) is 0 Å². The van der Waals surface area contributed by atoms with E-state index >= 15 is 0 Å². The fourth-order valence-corrected chi connectivity index (χ4v) is 3.83. The number of ether oxygens (including phenoxy) is 1. The molecule has 4 aromatic rings. The Labute approximate surface area is 143 Å². The number of hydrogen-bond acceptors (Lipinski definition) is 4. The molecule has 0 aliphatic heterocycles. The van der Waals surface area contributed by atoms with Crippen LogP contribution >= 0.6 is 11.3 Å². The Morgan fingerprint density at radius 2 is 2.12 bits per heavy atom. The molecule has 5 heteroatoms. The summed E-state index contributed by atoms with van der Waals surface area (Å²) in [7, 11) is 0. The monoisotopic (exact) mass is 336 g/mol. The molecular formula is C19H16N2O2S. The van der Waals surface area contributed by atoms with Crippen LogP contribution in [0.4, 0.5) is 0 Å². The van der Waals surface area contributed by atoms with Crippen LogP contribution in [0.15, 0.2) is 48.7 Å². The first-order valence-corrected chi connectivity index (χ1v) is 8.63. The minimum Gasteiger partial charge on any atom is -0.462 e. The highest BCUT2D eigenvalue weighted by atomic mass is 32.1. The van der Waals surface area contributed by atoms with Gasteiger partial charge in [0.25, 0.3) is 0 Å². The van der Waals surface area contributed by atoms with Crippen LogP contribution in [-0.2, 0) is 4.74 Å². The third kappa shape index (κ3) is 2.47. The van der Waals surface area contributed by atoms with Gasteiger partial charge in [0.15, 0.2) is 4.96 Å². The molecule has 0 radical (unpaired) electrons. The summed E-state index contributed by atoms with van der Waals surface area (Å²) in [6, 6.07) is 14.0. The standard InChI is InChI=1S/C19H16N2O2S/c1-3-23-18(22)14-7-8-16-17(10-14)24-19-20-15(11-21(16)19)13-6-4-5-12(2)9-13/h4-11H,3H2,1-2H3. The first-order chi connectivity index (χ1) is 11.7. The fraction of sp³-hybridized carbons (Fsp3) is 0.158. The Morgan fingerprint density at radius 3 is 2.92 bits per heavy atom. The molecule has 0 saturated carbocycles. The maximum atomic E-state index is 11.9. The average molecular weight is 336 g/mol. The quantitative estimate of drug-likeness (QED) is 0.509. The van der Waals surface area contributed by atoms with Crippen LogP contribution in [0.2, 0.25) is 0 Å². The molecule has 0 fully saturated rings. The van der Waals surface area contributed by atoms with Crippen molar-refractivity contribution in [3.8, 4) is 11.3 Å². The van der Waals surface area contributed by atoms with Crippen molar-refractivity contribution in [1.29, 1.82) is 0 Å². The highest BCUT2D eigenvalue weighted by Crippen LogP contribution is 2.30. The number of carbonyl (C=O) groups excluding carboxylic acids is 1. The lowest BCUT2D eigenvalue weighted by Gasteiger charge is -2.01. The van der Waals surface area contributed by atoms with E-state index in [1.807, 2.05) is 31.3 Å². The van der Waals surface area contributed by atoms with Crippen molar-refractivity contribution in [2.45, 2.75) is 13.8 Å². The molecule has 0 spiro atoms. The van der Waals surface area contributed by atoms with Gasteiger partial charge in [-0.15, -0.1) is 0 Å². The second kappa shape index (κ2) is 5.76. The Kier molecular flexibility index (Phi) is 3.58. The van der Waals surface area contributed by atoms with Crippen molar-refractivity contribution in [3.63, 3.8) is 0 Å². The molecule has 4 nitrogen and oxygen atoms in total. The van der Waals surface area contributed by atoms with Crippen LogP contribution in [0, 0.1) is 6.92 Å². The van der Waals surface area contributed by atoms with Gasteiger partial charge in [-0.05, 0) is 38.1 Å². The van der Waals surface area contributed by atoms with Gasteiger partial charge in [-0.25, -0.2) is 9.78 Å². The molecule has 0 unspecified atom stereocenters. The minimum atomic E-state index is -0.286. The van der Waals surface area contributed by atoms with Crippen LogP contribution in [0.1, 0.15) is 22.8 Å². The third-order valence-corrected chi connectivity index (χ3v) is 4.94. The molecular weight excluding hydrogens is 320 g/mol. The van der Waals surface area contributed by atoms with E-state index in [2.05, 4.69) is 29.5 Å². The molecule has 0 amide bonds. The number of rotatable bonds is 3.